The third-order valence-corrected chi connectivity index (χ3v) is 20.4. The number of rotatable bonds is 8. The molecule has 0 atom stereocenters. The molecule has 0 amide bonds. The molecule has 0 unspecified atom stereocenters. The van der Waals surface area contributed by atoms with Gasteiger partial charge in [-0.15, -0.1) is 0 Å². The van der Waals surface area contributed by atoms with Crippen molar-refractivity contribution in [3.8, 4) is 0 Å². The smallest absolute Gasteiger partial charge is 0.232 e. The number of hydrogen-bond acceptors (Lipinski definition) is 14. The first-order valence-corrected chi connectivity index (χ1v) is 34.1. The molecule has 2 aromatic rings. The molecule has 14 heteroatoms. The van der Waals surface area contributed by atoms with Gasteiger partial charge in [-0.3, -0.25) is 0 Å². The maximum Gasteiger partial charge on any atom is 0.232 e. The zero-order valence-electron chi connectivity index (χ0n) is 55.6. The van der Waals surface area contributed by atoms with Crippen LogP contribution < -0.4 is 40.9 Å². The van der Waals surface area contributed by atoms with E-state index in [0.717, 1.165) is 165 Å². The average Bonchev–Trinajstić information content (AvgIpc) is 2.62. The van der Waals surface area contributed by atoms with Gasteiger partial charge in [-0.1, -0.05) is 120 Å². The first-order valence-electron chi connectivity index (χ1n) is 34.1. The van der Waals surface area contributed by atoms with Gasteiger partial charge >= 0.3 is 0 Å². The topological polar surface area (TPSA) is 138 Å². The van der Waals surface area contributed by atoms with Gasteiger partial charge in [0.05, 0.1) is 0 Å². The Hall–Kier alpha value is -3.26. The van der Waals surface area contributed by atoms with E-state index in [4.69, 9.17) is 29.9 Å². The van der Waals surface area contributed by atoms with Crippen molar-refractivity contribution in [2.24, 2.45) is 21.7 Å². The summed E-state index contributed by atoms with van der Waals surface area (Å²) in [6.45, 7) is 43.0. The minimum atomic E-state index is -0.0277. The van der Waals surface area contributed by atoms with Crippen molar-refractivity contribution in [2.45, 2.75) is 349 Å². The van der Waals surface area contributed by atoms with Crippen LogP contribution in [-0.2, 0) is 0 Å². The van der Waals surface area contributed by atoms with Crippen LogP contribution in [0.1, 0.15) is 291 Å². The second-order valence-corrected chi connectivity index (χ2v) is 34.1. The molecule has 2 saturated heterocycles. The van der Waals surface area contributed by atoms with Crippen LogP contribution in [0.5, 0.6) is 0 Å². The normalized spacial score (nSPS) is 27.7. The van der Waals surface area contributed by atoms with Crippen molar-refractivity contribution in [3.05, 3.63) is 0 Å². The Balaban J connectivity index is 1.12. The Morgan fingerprint density at radius 1 is 0.305 bits per heavy atom. The summed E-state index contributed by atoms with van der Waals surface area (Å²) < 4.78 is 0. The molecule has 0 radical (unpaired) electrons. The van der Waals surface area contributed by atoms with Crippen LogP contribution in [0.4, 0.5) is 35.7 Å². The summed E-state index contributed by atoms with van der Waals surface area (Å²) >= 11 is 0. The second-order valence-electron chi connectivity index (χ2n) is 34.1. The summed E-state index contributed by atoms with van der Waals surface area (Å²) in [5.41, 5.74) is 0.758. The molecule has 4 N–H and O–H groups in total. The average molecular weight is 1140 g/mol. The summed E-state index contributed by atoms with van der Waals surface area (Å²) in [7, 11) is 0. The maximum absolute atomic E-state index is 5.80. The summed E-state index contributed by atoms with van der Waals surface area (Å²) in [6, 6.07) is 2.05. The van der Waals surface area contributed by atoms with Crippen molar-refractivity contribution in [2.75, 3.05) is 56.4 Å². The lowest BCUT2D eigenvalue weighted by Crippen LogP contribution is -2.62. The highest BCUT2D eigenvalue weighted by Gasteiger charge is 2.46. The van der Waals surface area contributed by atoms with Crippen molar-refractivity contribution in [1.82, 2.24) is 40.5 Å². The molecule has 9 rings (SSSR count). The van der Waals surface area contributed by atoms with Crippen LogP contribution in [0, 0.1) is 21.7 Å². The van der Waals surface area contributed by atoms with Crippen LogP contribution in [-0.4, -0.2) is 114 Å². The quantitative estimate of drug-likeness (QED) is 0.199. The van der Waals surface area contributed by atoms with Crippen LogP contribution in [0.3, 0.4) is 0 Å². The van der Waals surface area contributed by atoms with E-state index in [1.165, 1.54) is 77.0 Å². The lowest BCUT2D eigenvalue weighted by atomic mass is 9.63. The van der Waals surface area contributed by atoms with E-state index in [2.05, 4.69) is 152 Å². The van der Waals surface area contributed by atoms with Crippen molar-refractivity contribution >= 4 is 35.7 Å². The zero-order valence-corrected chi connectivity index (χ0v) is 55.6. The number of nitrogens with zero attached hydrogens (tertiary/aromatic N) is 10. The molecule has 4 aliphatic carbocycles. The number of piperidine rings is 2. The highest BCUT2D eigenvalue weighted by Crippen LogP contribution is 2.50. The number of nitrogens with one attached hydrogen (secondary N) is 4. The first-order chi connectivity index (χ1) is 38.4. The summed E-state index contributed by atoms with van der Waals surface area (Å²) in [6.07, 6.45) is 32.5. The Labute approximate surface area is 501 Å². The highest BCUT2D eigenvalue weighted by molar-refractivity contribution is 5.49. The molecule has 6 fully saturated rings. The van der Waals surface area contributed by atoms with Gasteiger partial charge in [0.1, 0.15) is 0 Å². The Bertz CT molecular complexity index is 2010. The largest absolute Gasteiger partial charge is 0.351 e. The number of aromatic nitrogens is 6. The lowest BCUT2D eigenvalue weighted by Gasteiger charge is -2.50. The van der Waals surface area contributed by atoms with Gasteiger partial charge in [0.2, 0.25) is 35.7 Å². The number of fused-ring (bicyclic) bond motifs is 4. The predicted molar refractivity (Wildman–Crippen MR) is 346 cm³/mol. The molecule has 0 spiro atoms. The van der Waals surface area contributed by atoms with Crippen LogP contribution in [0.15, 0.2) is 0 Å². The van der Waals surface area contributed by atoms with Gasteiger partial charge in [-0.05, 0) is 193 Å². The van der Waals surface area contributed by atoms with Crippen LogP contribution in [0.2, 0.25) is 0 Å². The fraction of sp³-hybridized carbons (Fsp3) is 0.912. The van der Waals surface area contributed by atoms with E-state index >= 15 is 0 Å². The molecule has 464 valence electrons. The Morgan fingerprint density at radius 3 is 0.793 bits per heavy atom. The SMILES string of the molecule is CC1(C)CC(N2CCCCCCN(C3CC(C)(C)CC(C)(C)C3)c3nc(NC4CCCCC4)nc(n3)N(C3CC(C)(C)NC(C)(C)C3)CCCCCCN(C3CC(C)(C)NC(C)(C)C3)c3nc(NC4CCCCC4)nc2n3)CC(C)(C)C1. The van der Waals surface area contributed by atoms with Crippen molar-refractivity contribution < 1.29 is 0 Å². The van der Waals surface area contributed by atoms with Crippen LogP contribution in [0.25, 0.3) is 0 Å². The highest BCUT2D eigenvalue weighted by atomic mass is 15.4. The predicted octanol–water partition coefficient (Wildman–Crippen LogP) is 15.4. The van der Waals surface area contributed by atoms with Gasteiger partial charge in [0, 0.05) is 84.6 Å². The summed E-state index contributed by atoms with van der Waals surface area (Å²) in [5, 5.41) is 16.0. The third kappa shape index (κ3) is 17.5. The molecule has 2 aromatic heterocycles. The van der Waals surface area contributed by atoms with Gasteiger partial charge < -0.3 is 40.9 Å². The maximum atomic E-state index is 5.80. The second kappa shape index (κ2) is 25.2. The van der Waals surface area contributed by atoms with E-state index in [-0.39, 0.29) is 55.9 Å². The molecule has 3 aliphatic heterocycles. The minimum Gasteiger partial charge on any atom is -0.351 e. The minimum absolute atomic E-state index is 0.0277. The fourth-order valence-electron chi connectivity index (χ4n) is 18.8. The molecule has 4 saturated carbocycles. The molecular formula is C68H122N14. The number of hydrogen-bond donors (Lipinski definition) is 4. The first kappa shape index (κ1) is 63.2. The third-order valence-electron chi connectivity index (χ3n) is 20.4. The van der Waals surface area contributed by atoms with Crippen LogP contribution >= 0.6 is 0 Å². The molecule has 82 heavy (non-hydrogen) atoms. The van der Waals surface area contributed by atoms with E-state index in [1.807, 2.05) is 0 Å². The number of anilines is 6. The van der Waals surface area contributed by atoms with E-state index in [9.17, 15) is 0 Å². The Kier molecular flexibility index (Phi) is 19.5. The molecule has 14 nitrogen and oxygen atoms in total. The molecule has 5 heterocycles. The molecular weight excluding hydrogens is 1010 g/mol. The lowest BCUT2D eigenvalue weighted by molar-refractivity contribution is 0.0939. The van der Waals surface area contributed by atoms with E-state index in [0.29, 0.717) is 24.2 Å². The van der Waals surface area contributed by atoms with Gasteiger partial charge in [0.25, 0.3) is 0 Å². The monoisotopic (exact) mass is 1130 g/mol. The molecule has 0 aromatic carbocycles. The van der Waals surface area contributed by atoms with E-state index < -0.39 is 0 Å². The molecule has 4 bridgehead atoms. The summed E-state index contributed by atoms with van der Waals surface area (Å²) in [5.74, 6) is 5.11. The fourth-order valence-corrected chi connectivity index (χ4v) is 18.8. The Morgan fingerprint density at radius 2 is 0.537 bits per heavy atom. The van der Waals surface area contributed by atoms with E-state index in [1.54, 1.807) is 0 Å². The standard InChI is InChI=1S/C68H122N14/c1-61(2)39-51(40-62(3,4)47-61)79-35-27-17-18-28-36-80(52-41-63(5,6)48-64(7,8)42-52)58-72-56(70-50-33-25-22-26-34-50)74-60(76-58)82(54-45-67(13,14)78-68(15,16)46-54)38-30-20-19-29-37-81(53-43-65(9,10)77-66(11,12)44-53)59-73-55(71-57(79)75-59)69-49-31-23-21-24-32-49/h49-54,77-78H,17-48H2,1-16H3,(H,69,71,73,75)(H,70,72,74,76). The zero-order chi connectivity index (χ0) is 58.9. The van der Waals surface area contributed by atoms with Gasteiger partial charge in [-0.25, -0.2) is 0 Å². The molecule has 7 aliphatic rings. The summed E-state index contributed by atoms with van der Waals surface area (Å²) in [4.78, 5) is 44.6. The van der Waals surface area contributed by atoms with Crippen molar-refractivity contribution in [3.63, 3.8) is 0 Å². The van der Waals surface area contributed by atoms with Gasteiger partial charge in [0.15, 0.2) is 0 Å². The van der Waals surface area contributed by atoms with Crippen molar-refractivity contribution in [1.29, 1.82) is 0 Å². The van der Waals surface area contributed by atoms with Gasteiger partial charge in [-0.2, -0.15) is 29.9 Å².